The Morgan fingerprint density at radius 2 is 1.56 bits per heavy atom. The second-order valence-electron chi connectivity index (χ2n) is 23.2. The van der Waals surface area contributed by atoms with E-state index in [0.29, 0.717) is 52.2 Å². The number of piperazine rings is 1. The van der Waals surface area contributed by atoms with Gasteiger partial charge in [-0.15, -0.1) is 16.6 Å². The van der Waals surface area contributed by atoms with Crippen molar-refractivity contribution in [1.82, 2.24) is 40.4 Å². The molecule has 5 aliphatic heterocycles. The number of amides is 3. The number of fused-ring (bicyclic) bond motifs is 3. The molecular weight excluding hydrogens is 909 g/mol. The van der Waals surface area contributed by atoms with Crippen molar-refractivity contribution in [2.45, 2.75) is 140 Å². The van der Waals surface area contributed by atoms with E-state index < -0.39 is 23.6 Å². The number of aromatic nitrogens is 2. The van der Waals surface area contributed by atoms with E-state index in [2.05, 4.69) is 57.7 Å². The average molecular weight is 985 g/mol. The quantitative estimate of drug-likeness (QED) is 0.165. The number of carbonyl (C=O) groups is 3. The van der Waals surface area contributed by atoms with Gasteiger partial charge in [-0.2, -0.15) is 0 Å². The van der Waals surface area contributed by atoms with Crippen molar-refractivity contribution in [3.8, 4) is 35.1 Å². The summed E-state index contributed by atoms with van der Waals surface area (Å²) in [6.45, 7) is 14.6. The van der Waals surface area contributed by atoms with E-state index in [-0.39, 0.29) is 48.9 Å². The highest BCUT2D eigenvalue weighted by Crippen LogP contribution is 2.55. The maximum absolute atomic E-state index is 14.3. The minimum atomic E-state index is -0.867. The molecule has 16 heteroatoms. The number of aliphatic hydroxyl groups excluding tert-OH is 1. The second kappa shape index (κ2) is 20.8. The number of hydrogen-bond donors (Lipinski definition) is 5. The predicted molar refractivity (Wildman–Crippen MR) is 277 cm³/mol. The lowest BCUT2D eigenvalue weighted by molar-refractivity contribution is -0.145. The first-order chi connectivity index (χ1) is 34.7. The number of hydrogen-bond acceptors (Lipinski definition) is 13. The number of piperidine rings is 2. The monoisotopic (exact) mass is 985 g/mol. The second-order valence-corrected chi connectivity index (χ2v) is 23.2. The largest absolute Gasteiger partial charge is 0.507 e. The van der Waals surface area contributed by atoms with Gasteiger partial charge in [0.05, 0.1) is 30.6 Å². The summed E-state index contributed by atoms with van der Waals surface area (Å²) in [5, 5.41) is 39.7. The van der Waals surface area contributed by atoms with Crippen molar-refractivity contribution in [3.05, 3.63) is 59.7 Å². The molecule has 16 nitrogen and oxygen atoms in total. The van der Waals surface area contributed by atoms with Crippen LogP contribution in [-0.4, -0.2) is 166 Å². The summed E-state index contributed by atoms with van der Waals surface area (Å²) in [7, 11) is 1.55. The Morgan fingerprint density at radius 3 is 2.24 bits per heavy atom. The zero-order valence-corrected chi connectivity index (χ0v) is 42.8. The number of para-hydroxylation sites is 1. The minimum Gasteiger partial charge on any atom is -0.507 e. The molecule has 7 aliphatic rings. The summed E-state index contributed by atoms with van der Waals surface area (Å²) in [5.41, 5.74) is 3.58. The highest BCUT2D eigenvalue weighted by Gasteiger charge is 2.50. The first-order valence-corrected chi connectivity index (χ1v) is 26.8. The van der Waals surface area contributed by atoms with Gasteiger partial charge in [-0.05, 0) is 132 Å². The van der Waals surface area contributed by atoms with Crippen LogP contribution >= 0.6 is 0 Å². The molecule has 3 aromatic rings. The number of anilines is 2. The highest BCUT2D eigenvalue weighted by molar-refractivity contribution is 5.93. The number of nitrogens with one attached hydrogen (secondary N) is 3. The maximum Gasteiger partial charge on any atom is 0.246 e. The third-order valence-electron chi connectivity index (χ3n) is 17.8. The van der Waals surface area contributed by atoms with Gasteiger partial charge >= 0.3 is 0 Å². The molecule has 72 heavy (non-hydrogen) atoms. The summed E-state index contributed by atoms with van der Waals surface area (Å²) in [6.07, 6.45) is 15.9. The van der Waals surface area contributed by atoms with Gasteiger partial charge in [-0.1, -0.05) is 44.9 Å². The zero-order valence-electron chi connectivity index (χ0n) is 42.8. The number of phenols is 1. The average Bonchev–Trinajstić information content (AvgIpc) is 3.79. The molecule has 5 N–H and O–H groups in total. The molecule has 1 spiro atoms. The molecule has 10 rings (SSSR count). The Labute approximate surface area is 425 Å². The summed E-state index contributed by atoms with van der Waals surface area (Å²) < 4.78 is 5.49. The van der Waals surface area contributed by atoms with Crippen molar-refractivity contribution in [1.29, 1.82) is 0 Å². The van der Waals surface area contributed by atoms with E-state index in [1.165, 1.54) is 69.6 Å². The van der Waals surface area contributed by atoms with Crippen LogP contribution in [-0.2, 0) is 20.9 Å². The van der Waals surface area contributed by atoms with E-state index in [1.54, 1.807) is 25.3 Å². The van der Waals surface area contributed by atoms with Gasteiger partial charge in [0.15, 0.2) is 5.82 Å². The number of rotatable bonds is 11. The van der Waals surface area contributed by atoms with Crippen molar-refractivity contribution in [2.75, 3.05) is 76.2 Å². The number of ether oxygens (including phenoxy) is 1. The van der Waals surface area contributed by atoms with Crippen molar-refractivity contribution in [2.24, 2.45) is 16.7 Å². The van der Waals surface area contributed by atoms with Crippen LogP contribution in [0.4, 0.5) is 11.5 Å². The van der Waals surface area contributed by atoms with Crippen LogP contribution in [0.1, 0.15) is 103 Å². The molecule has 6 heterocycles. The lowest BCUT2D eigenvalue weighted by Crippen LogP contribution is -2.61. The number of β-amino-alcohol motifs (C(OH)–C–C–N with tert-alkyl or cyclic N) is 1. The molecule has 0 bridgehead atoms. The van der Waals surface area contributed by atoms with Gasteiger partial charge < -0.3 is 50.5 Å². The molecule has 4 atom stereocenters. The van der Waals surface area contributed by atoms with Crippen molar-refractivity contribution >= 4 is 29.2 Å². The minimum absolute atomic E-state index is 0.0283. The van der Waals surface area contributed by atoms with Crippen LogP contribution in [0.25, 0.3) is 11.3 Å². The first-order valence-electron chi connectivity index (χ1n) is 26.8. The predicted octanol–water partition coefficient (Wildman–Crippen LogP) is 4.83. The van der Waals surface area contributed by atoms with Crippen LogP contribution < -0.4 is 25.6 Å². The van der Waals surface area contributed by atoms with E-state index in [0.717, 1.165) is 68.9 Å². The van der Waals surface area contributed by atoms with Gasteiger partial charge in [-0.25, -0.2) is 0 Å². The summed E-state index contributed by atoms with van der Waals surface area (Å²) >= 11 is 0. The van der Waals surface area contributed by atoms with Crippen LogP contribution in [0.2, 0.25) is 0 Å². The number of nitrogens with zero attached hydrogens (tertiary/aromatic N) is 7. The smallest absolute Gasteiger partial charge is 0.246 e. The number of aliphatic hydroxyl groups is 1. The number of aromatic hydroxyl groups is 1. The summed E-state index contributed by atoms with van der Waals surface area (Å²) in [6, 6.07) is 15.3. The van der Waals surface area contributed by atoms with Crippen molar-refractivity contribution in [3.63, 3.8) is 0 Å². The molecule has 1 aromatic heterocycles. The molecular formula is C56H76N10O6. The number of carbonyl (C=O) groups excluding carboxylic acids is 3. The van der Waals surface area contributed by atoms with E-state index in [4.69, 9.17) is 11.2 Å². The van der Waals surface area contributed by atoms with Crippen LogP contribution in [0.3, 0.4) is 0 Å². The topological polar surface area (TPSA) is 179 Å². The zero-order chi connectivity index (χ0) is 50.3. The third kappa shape index (κ3) is 10.4. The molecule has 2 aliphatic carbocycles. The Kier molecular flexibility index (Phi) is 14.5. The van der Waals surface area contributed by atoms with Gasteiger partial charge in [0, 0.05) is 86.4 Å². The summed E-state index contributed by atoms with van der Waals surface area (Å²) in [5.74, 6) is 3.23. The molecule has 3 amide bonds. The normalized spacial score (nSPS) is 28.0. The summed E-state index contributed by atoms with van der Waals surface area (Å²) in [4.78, 5) is 54.2. The van der Waals surface area contributed by atoms with Gasteiger partial charge in [0.2, 0.25) is 17.7 Å². The number of methoxy groups -OCH3 is 1. The molecule has 386 valence electrons. The Bertz CT molecular complexity index is 2490. The molecule has 2 aromatic carbocycles. The number of phenolic OH excluding ortho intramolecular Hbond substituents is 1. The number of likely N-dealkylation sites (tertiary alicyclic amines) is 3. The molecule has 0 unspecified atom stereocenters. The van der Waals surface area contributed by atoms with E-state index in [1.807, 2.05) is 45.0 Å². The van der Waals surface area contributed by atoms with E-state index >= 15 is 0 Å². The lowest BCUT2D eigenvalue weighted by Gasteiger charge is -2.56. The van der Waals surface area contributed by atoms with E-state index in [9.17, 15) is 24.6 Å². The highest BCUT2D eigenvalue weighted by atomic mass is 16.5. The Hall–Kier alpha value is -5.47. The van der Waals surface area contributed by atoms with Crippen LogP contribution in [0, 0.1) is 29.1 Å². The molecule has 6 fully saturated rings. The Morgan fingerprint density at radius 1 is 0.861 bits per heavy atom. The Balaban J connectivity index is 0.647. The maximum atomic E-state index is 14.3. The molecule has 0 radical (unpaired) electrons. The number of benzene rings is 2. The van der Waals surface area contributed by atoms with Crippen molar-refractivity contribution < 1.29 is 29.3 Å². The van der Waals surface area contributed by atoms with Gasteiger partial charge in [0.1, 0.15) is 23.6 Å². The first kappa shape index (κ1) is 50.1. The fourth-order valence-electron chi connectivity index (χ4n) is 13.5. The standard InChI is InChI=1S/C56H76N10O6/c1-6-36-11-12-38(49(27-36)72-5)32-58-53(70)47-28-43(67)35-66(47)54(71)50(55(2,3)4)59-52(69)37-13-19-56(20-14-37)30-41(31-56)63-23-15-39(16-24-63)62-21-17-40(18-22-62)64-25-26-65-42(34-64)33-57-51-46(65)29-45(60-61-51)44-9-7-8-10-48(44)68/h1,7-12,27,29,37,39-43,47,50,67-68H,13-26,28,30-35H2,2-5H3,(H,57,61)(H,58,70)(H,59,69)/t37-,41-,42-,43+,47-,50+,56?/m0/s1. The third-order valence-corrected chi connectivity index (χ3v) is 17.8. The van der Waals surface area contributed by atoms with Gasteiger partial charge in [-0.3, -0.25) is 19.3 Å². The fraction of sp³-hybridized carbons (Fsp3) is 0.625. The lowest BCUT2D eigenvalue weighted by atomic mass is 9.56. The number of terminal acetylenes is 1. The fourth-order valence-corrected chi connectivity index (χ4v) is 13.5. The molecule has 4 saturated heterocycles. The van der Waals surface area contributed by atoms with Gasteiger partial charge in [0.25, 0.3) is 0 Å². The SMILES string of the molecule is C#Cc1ccc(CNC(=O)[C@@H]2C[C@@H](O)CN2C(=O)[C@@H](NC(=O)[C@H]2CCC3(CC2)C[C@H](N2CCC(N4CCC(N5CCN6c7cc(-c8ccccc8O)nnc7NC[C@H]6C5)CC4)CC2)C3)C(C)(C)C)c(OC)c1. The molecule has 2 saturated carbocycles. The van der Waals surface area contributed by atoms with Crippen LogP contribution in [0.5, 0.6) is 11.5 Å². The van der Waals surface area contributed by atoms with Crippen LogP contribution in [0.15, 0.2) is 48.5 Å².